The number of rotatable bonds is 2. The Morgan fingerprint density at radius 3 is 2.82 bits per heavy atom. The van der Waals surface area contributed by atoms with Crippen LogP contribution in [0.1, 0.15) is 33.1 Å². The van der Waals surface area contributed by atoms with Gasteiger partial charge in [0.2, 0.25) is 0 Å². The van der Waals surface area contributed by atoms with Gasteiger partial charge in [0.05, 0.1) is 0 Å². The average Bonchev–Trinajstić information content (AvgIpc) is 2.26. The minimum Gasteiger partial charge on any atom is -0.0937 e. The van der Waals surface area contributed by atoms with Crippen molar-refractivity contribution in [3.05, 3.63) is 10.4 Å². The molecule has 0 radical (unpaired) electrons. The van der Waals surface area contributed by atoms with Crippen molar-refractivity contribution >= 4 is 0 Å². The molecule has 0 amide bonds. The van der Waals surface area contributed by atoms with Crippen molar-refractivity contribution in [2.45, 2.75) is 33.1 Å². The molecule has 0 saturated heterocycles. The lowest BCUT2D eigenvalue weighted by Crippen LogP contribution is -2.06. The lowest BCUT2D eigenvalue weighted by atomic mass is 9.91. The fourth-order valence-corrected chi connectivity index (χ4v) is 1.89. The third kappa shape index (κ3) is 2.43. The van der Waals surface area contributed by atoms with Crippen LogP contribution in [-0.2, 0) is 0 Å². The number of hydrogen-bond acceptors (Lipinski definition) is 1. The van der Waals surface area contributed by atoms with E-state index in [0.29, 0.717) is 17.9 Å². The molecule has 1 atom stereocenters. The van der Waals surface area contributed by atoms with Crippen LogP contribution in [0.5, 0.6) is 0 Å². The Morgan fingerprint density at radius 2 is 2.36 bits per heavy atom. The van der Waals surface area contributed by atoms with Crippen molar-refractivity contribution in [3.8, 4) is 0 Å². The van der Waals surface area contributed by atoms with Crippen LogP contribution in [0, 0.1) is 11.3 Å². The molecule has 0 N–H and O–H groups in total. The summed E-state index contributed by atoms with van der Waals surface area (Å²) in [6, 6.07) is 0. The zero-order chi connectivity index (χ0) is 8.32. The average molecular weight is 153 g/mol. The van der Waals surface area contributed by atoms with Crippen LogP contribution in [0.15, 0.2) is 5.11 Å². The van der Waals surface area contributed by atoms with E-state index in [1.807, 2.05) is 0 Å². The van der Waals surface area contributed by atoms with E-state index in [0.717, 1.165) is 0 Å². The number of azide groups is 1. The molecule has 0 aromatic heterocycles. The maximum atomic E-state index is 8.12. The zero-order valence-electron chi connectivity index (χ0n) is 7.25. The van der Waals surface area contributed by atoms with Crippen LogP contribution in [0.25, 0.3) is 10.4 Å². The molecule has 1 aliphatic rings. The molecule has 62 valence electrons. The largest absolute Gasteiger partial charge is 0.0937 e. The molecule has 3 heteroatoms. The molecule has 0 heterocycles. The van der Waals surface area contributed by atoms with Crippen molar-refractivity contribution in [2.75, 3.05) is 6.54 Å². The lowest BCUT2D eigenvalue weighted by molar-refractivity contribution is 0.362. The molecule has 1 aliphatic carbocycles. The standard InChI is InChI=1S/C8H15N3/c1-8(2)4-3-7(5-8)6-10-11-9/h7H,3-6H2,1-2H3. The molecular weight excluding hydrogens is 138 g/mol. The second-order valence-electron chi connectivity index (χ2n) is 4.19. The molecule has 3 nitrogen and oxygen atoms in total. The number of nitrogens with zero attached hydrogens (tertiary/aromatic N) is 3. The summed E-state index contributed by atoms with van der Waals surface area (Å²) < 4.78 is 0. The van der Waals surface area contributed by atoms with E-state index in [1.54, 1.807) is 0 Å². The van der Waals surface area contributed by atoms with Crippen molar-refractivity contribution < 1.29 is 0 Å². The topological polar surface area (TPSA) is 48.8 Å². The van der Waals surface area contributed by atoms with Crippen LogP contribution in [-0.4, -0.2) is 6.54 Å². The summed E-state index contributed by atoms with van der Waals surface area (Å²) in [5, 5.41) is 3.60. The van der Waals surface area contributed by atoms with Gasteiger partial charge in [-0.3, -0.25) is 0 Å². The van der Waals surface area contributed by atoms with Gasteiger partial charge in [0.25, 0.3) is 0 Å². The third-order valence-corrected chi connectivity index (χ3v) is 2.47. The Balaban J connectivity index is 2.36. The smallest absolute Gasteiger partial charge is 0.0286 e. The normalized spacial score (nSPS) is 28.0. The van der Waals surface area contributed by atoms with E-state index in [-0.39, 0.29) is 0 Å². The highest BCUT2D eigenvalue weighted by molar-refractivity contribution is 4.82. The predicted molar refractivity (Wildman–Crippen MR) is 45.1 cm³/mol. The van der Waals surface area contributed by atoms with Crippen molar-refractivity contribution in [1.82, 2.24) is 0 Å². The van der Waals surface area contributed by atoms with Gasteiger partial charge < -0.3 is 0 Å². The van der Waals surface area contributed by atoms with Gasteiger partial charge >= 0.3 is 0 Å². The molecule has 1 unspecified atom stereocenters. The second kappa shape index (κ2) is 3.14. The molecular formula is C8H15N3. The Labute approximate surface area is 67.4 Å². The minimum absolute atomic E-state index is 0.482. The molecule has 0 bridgehead atoms. The molecule has 11 heavy (non-hydrogen) atoms. The molecule has 0 aromatic carbocycles. The Kier molecular flexibility index (Phi) is 2.40. The first-order valence-corrected chi connectivity index (χ1v) is 4.15. The Hall–Kier alpha value is -0.690. The van der Waals surface area contributed by atoms with E-state index in [9.17, 15) is 0 Å². The van der Waals surface area contributed by atoms with Crippen molar-refractivity contribution in [1.29, 1.82) is 0 Å². The third-order valence-electron chi connectivity index (χ3n) is 2.47. The molecule has 1 fully saturated rings. The number of hydrogen-bond donors (Lipinski definition) is 0. The molecule has 1 rings (SSSR count). The van der Waals surface area contributed by atoms with Gasteiger partial charge in [0.15, 0.2) is 0 Å². The quantitative estimate of drug-likeness (QED) is 0.332. The van der Waals surface area contributed by atoms with Gasteiger partial charge in [-0.2, -0.15) is 0 Å². The highest BCUT2D eigenvalue weighted by atomic mass is 15.1. The molecule has 0 aromatic rings. The van der Waals surface area contributed by atoms with Gasteiger partial charge in [-0.15, -0.1) is 0 Å². The van der Waals surface area contributed by atoms with E-state index in [1.165, 1.54) is 19.3 Å². The summed E-state index contributed by atoms with van der Waals surface area (Å²) in [4.78, 5) is 2.77. The van der Waals surface area contributed by atoms with Gasteiger partial charge in [0, 0.05) is 11.5 Å². The fourth-order valence-electron chi connectivity index (χ4n) is 1.89. The first kappa shape index (κ1) is 8.41. The fraction of sp³-hybridized carbons (Fsp3) is 1.00. The molecule has 0 spiro atoms. The van der Waals surface area contributed by atoms with Gasteiger partial charge in [0.1, 0.15) is 0 Å². The van der Waals surface area contributed by atoms with E-state index < -0.39 is 0 Å². The molecule has 1 saturated carbocycles. The van der Waals surface area contributed by atoms with Gasteiger partial charge in [-0.1, -0.05) is 19.0 Å². The van der Waals surface area contributed by atoms with E-state index >= 15 is 0 Å². The summed E-state index contributed by atoms with van der Waals surface area (Å²) >= 11 is 0. The SMILES string of the molecule is CC1(C)CCC(CN=[N+]=[N-])C1. The first-order chi connectivity index (χ1) is 5.14. The predicted octanol–water partition coefficient (Wildman–Crippen LogP) is 3.12. The Morgan fingerprint density at radius 1 is 1.64 bits per heavy atom. The van der Waals surface area contributed by atoms with Crippen molar-refractivity contribution in [3.63, 3.8) is 0 Å². The van der Waals surface area contributed by atoms with Crippen LogP contribution in [0.4, 0.5) is 0 Å². The molecule has 0 aliphatic heterocycles. The summed E-state index contributed by atoms with van der Waals surface area (Å²) in [5.74, 6) is 0.640. The monoisotopic (exact) mass is 153 g/mol. The first-order valence-electron chi connectivity index (χ1n) is 4.15. The Bertz CT molecular complexity index is 180. The van der Waals surface area contributed by atoms with E-state index in [4.69, 9.17) is 5.53 Å². The summed E-state index contributed by atoms with van der Waals surface area (Å²) in [5.41, 5.74) is 8.60. The highest BCUT2D eigenvalue weighted by Gasteiger charge is 2.29. The van der Waals surface area contributed by atoms with E-state index in [2.05, 4.69) is 23.9 Å². The summed E-state index contributed by atoms with van der Waals surface area (Å²) in [6.07, 6.45) is 3.72. The maximum Gasteiger partial charge on any atom is 0.0286 e. The highest BCUT2D eigenvalue weighted by Crippen LogP contribution is 2.40. The zero-order valence-corrected chi connectivity index (χ0v) is 7.25. The van der Waals surface area contributed by atoms with Crippen LogP contribution in [0.2, 0.25) is 0 Å². The van der Waals surface area contributed by atoms with Crippen LogP contribution in [0.3, 0.4) is 0 Å². The minimum atomic E-state index is 0.482. The van der Waals surface area contributed by atoms with Gasteiger partial charge in [-0.05, 0) is 36.1 Å². The van der Waals surface area contributed by atoms with Crippen LogP contribution >= 0.6 is 0 Å². The second-order valence-corrected chi connectivity index (χ2v) is 4.19. The van der Waals surface area contributed by atoms with Gasteiger partial charge in [-0.25, -0.2) is 0 Å². The summed E-state index contributed by atoms with van der Waals surface area (Å²) in [6.45, 7) is 5.26. The maximum absolute atomic E-state index is 8.12. The lowest BCUT2D eigenvalue weighted by Gasteiger charge is -2.15. The summed E-state index contributed by atoms with van der Waals surface area (Å²) in [7, 11) is 0. The van der Waals surface area contributed by atoms with Crippen molar-refractivity contribution in [2.24, 2.45) is 16.4 Å². The van der Waals surface area contributed by atoms with Crippen LogP contribution < -0.4 is 0 Å².